The van der Waals surface area contributed by atoms with Gasteiger partial charge < -0.3 is 5.32 Å². The molecule has 0 saturated carbocycles. The molecule has 1 aromatic rings. The highest BCUT2D eigenvalue weighted by molar-refractivity contribution is 14.1. The molecule has 0 aliphatic carbocycles. The molecule has 0 aromatic heterocycles. The molecular formula is C15H23BrIN. The molecule has 2 atom stereocenters. The quantitative estimate of drug-likeness (QED) is 0.568. The average molecular weight is 424 g/mol. The van der Waals surface area contributed by atoms with Crippen LogP contribution in [-0.2, 0) is 0 Å². The van der Waals surface area contributed by atoms with E-state index in [1.54, 1.807) is 0 Å². The van der Waals surface area contributed by atoms with Gasteiger partial charge in [-0.2, -0.15) is 0 Å². The smallest absolute Gasteiger partial charge is 0.0333 e. The Morgan fingerprint density at radius 1 is 1.33 bits per heavy atom. The third kappa shape index (κ3) is 5.17. The minimum Gasteiger partial charge on any atom is -0.310 e. The normalized spacial score (nSPS) is 14.5. The molecule has 1 N–H and O–H groups in total. The highest BCUT2D eigenvalue weighted by atomic mass is 127. The van der Waals surface area contributed by atoms with Crippen LogP contribution in [0.15, 0.2) is 22.7 Å². The van der Waals surface area contributed by atoms with E-state index in [1.165, 1.54) is 32.9 Å². The molecule has 0 spiro atoms. The Labute approximate surface area is 133 Å². The van der Waals surface area contributed by atoms with E-state index < -0.39 is 0 Å². The Bertz CT molecular complexity index is 368. The first-order valence-electron chi connectivity index (χ1n) is 6.76. The minimum absolute atomic E-state index is 0.476. The van der Waals surface area contributed by atoms with Gasteiger partial charge in [-0.15, -0.1) is 0 Å². The first kappa shape index (κ1) is 16.4. The predicted molar refractivity (Wildman–Crippen MR) is 92.0 cm³/mol. The van der Waals surface area contributed by atoms with Crippen LogP contribution in [0.4, 0.5) is 0 Å². The second-order valence-electron chi connectivity index (χ2n) is 4.92. The first-order chi connectivity index (χ1) is 8.58. The number of benzene rings is 1. The van der Waals surface area contributed by atoms with Gasteiger partial charge in [-0.25, -0.2) is 0 Å². The fraction of sp³-hybridized carbons (Fsp3) is 0.600. The lowest BCUT2D eigenvalue weighted by Gasteiger charge is -2.23. The molecule has 18 heavy (non-hydrogen) atoms. The summed E-state index contributed by atoms with van der Waals surface area (Å²) in [6.45, 7) is 7.92. The van der Waals surface area contributed by atoms with E-state index in [0.29, 0.717) is 6.04 Å². The second kappa shape index (κ2) is 8.54. The van der Waals surface area contributed by atoms with Crippen LogP contribution < -0.4 is 5.32 Å². The Kier molecular flexibility index (Phi) is 7.80. The van der Waals surface area contributed by atoms with Crippen LogP contribution in [-0.4, -0.2) is 6.54 Å². The Morgan fingerprint density at radius 3 is 2.67 bits per heavy atom. The van der Waals surface area contributed by atoms with Crippen LogP contribution >= 0.6 is 38.5 Å². The summed E-state index contributed by atoms with van der Waals surface area (Å²) in [5.41, 5.74) is 1.43. The van der Waals surface area contributed by atoms with Gasteiger partial charge in [-0.05, 0) is 71.7 Å². The van der Waals surface area contributed by atoms with E-state index in [-0.39, 0.29) is 0 Å². The van der Waals surface area contributed by atoms with Crippen molar-refractivity contribution in [1.82, 2.24) is 5.32 Å². The van der Waals surface area contributed by atoms with Crippen LogP contribution in [0.1, 0.15) is 51.6 Å². The van der Waals surface area contributed by atoms with Gasteiger partial charge in [-0.1, -0.05) is 43.1 Å². The van der Waals surface area contributed by atoms with Gasteiger partial charge in [0.25, 0.3) is 0 Å². The maximum absolute atomic E-state index is 3.69. The summed E-state index contributed by atoms with van der Waals surface area (Å²) in [5.74, 6) is 0.758. The van der Waals surface area contributed by atoms with Crippen molar-refractivity contribution >= 4 is 38.5 Å². The van der Waals surface area contributed by atoms with Gasteiger partial charge in [0, 0.05) is 14.1 Å². The van der Waals surface area contributed by atoms with E-state index in [1.807, 2.05) is 0 Å². The van der Waals surface area contributed by atoms with E-state index in [4.69, 9.17) is 0 Å². The van der Waals surface area contributed by atoms with Gasteiger partial charge >= 0.3 is 0 Å². The number of rotatable bonds is 7. The molecule has 0 aliphatic rings. The summed E-state index contributed by atoms with van der Waals surface area (Å²) in [7, 11) is 0. The highest BCUT2D eigenvalue weighted by Crippen LogP contribution is 2.29. The zero-order valence-electron chi connectivity index (χ0n) is 11.5. The third-order valence-electron chi connectivity index (χ3n) is 3.31. The molecule has 3 heteroatoms. The highest BCUT2D eigenvalue weighted by Gasteiger charge is 2.16. The summed E-state index contributed by atoms with van der Waals surface area (Å²) in [4.78, 5) is 0. The molecule has 0 heterocycles. The fourth-order valence-electron chi connectivity index (χ4n) is 1.99. The summed E-state index contributed by atoms with van der Waals surface area (Å²) < 4.78 is 2.53. The van der Waals surface area contributed by atoms with Gasteiger partial charge in [0.15, 0.2) is 0 Å². The van der Waals surface area contributed by atoms with Crippen molar-refractivity contribution in [2.24, 2.45) is 5.92 Å². The maximum Gasteiger partial charge on any atom is 0.0333 e. The lowest BCUT2D eigenvalue weighted by molar-refractivity contribution is 0.401. The maximum atomic E-state index is 3.69. The van der Waals surface area contributed by atoms with E-state index >= 15 is 0 Å². The zero-order chi connectivity index (χ0) is 13.5. The Morgan fingerprint density at radius 2 is 2.06 bits per heavy atom. The molecule has 102 valence electrons. The molecular weight excluding hydrogens is 401 g/mol. The Balaban J connectivity index is 2.89. The molecule has 1 rings (SSSR count). The first-order valence-corrected chi connectivity index (χ1v) is 8.63. The Hall–Kier alpha value is 0.390. The topological polar surface area (TPSA) is 12.0 Å². The molecule has 0 fully saturated rings. The summed E-state index contributed by atoms with van der Waals surface area (Å²) >= 11 is 6.03. The van der Waals surface area contributed by atoms with Gasteiger partial charge in [-0.3, -0.25) is 0 Å². The number of hydrogen-bond donors (Lipinski definition) is 1. The molecule has 0 aliphatic heterocycles. The van der Waals surface area contributed by atoms with E-state index in [9.17, 15) is 0 Å². The minimum atomic E-state index is 0.476. The van der Waals surface area contributed by atoms with Crippen molar-refractivity contribution in [2.75, 3.05) is 6.54 Å². The van der Waals surface area contributed by atoms with Crippen LogP contribution in [0.3, 0.4) is 0 Å². The van der Waals surface area contributed by atoms with Crippen LogP contribution in [0, 0.1) is 9.49 Å². The fourth-order valence-corrected chi connectivity index (χ4v) is 3.08. The summed E-state index contributed by atoms with van der Waals surface area (Å²) in [6, 6.07) is 7.05. The van der Waals surface area contributed by atoms with E-state index in [0.717, 1.165) is 12.5 Å². The standard InChI is InChI=1S/C15H23BrIN/c1-4-8-18-15(9-11(3)5-2)13-10-12(16)6-7-14(13)17/h6-7,10-11,15,18H,4-5,8-9H2,1-3H3. The molecule has 1 aromatic carbocycles. The van der Waals surface area contributed by atoms with Gasteiger partial charge in [0.2, 0.25) is 0 Å². The molecule has 2 unspecified atom stereocenters. The predicted octanol–water partition coefficient (Wildman–Crippen LogP) is 5.53. The third-order valence-corrected chi connectivity index (χ3v) is 4.78. The van der Waals surface area contributed by atoms with Crippen molar-refractivity contribution in [3.8, 4) is 0 Å². The zero-order valence-corrected chi connectivity index (χ0v) is 15.2. The number of hydrogen-bond acceptors (Lipinski definition) is 1. The lowest BCUT2D eigenvalue weighted by atomic mass is 9.94. The molecule has 0 saturated heterocycles. The number of halogens is 2. The van der Waals surface area contributed by atoms with Crippen molar-refractivity contribution in [3.05, 3.63) is 31.8 Å². The largest absolute Gasteiger partial charge is 0.310 e. The van der Waals surface area contributed by atoms with Gasteiger partial charge in [0.05, 0.1) is 0 Å². The summed E-state index contributed by atoms with van der Waals surface area (Å²) in [6.07, 6.45) is 3.64. The van der Waals surface area contributed by atoms with Crippen molar-refractivity contribution in [1.29, 1.82) is 0 Å². The molecule has 1 nitrogen and oxygen atoms in total. The van der Waals surface area contributed by atoms with Crippen LogP contribution in [0.25, 0.3) is 0 Å². The molecule has 0 amide bonds. The SMILES string of the molecule is CCCNC(CC(C)CC)c1cc(Br)ccc1I. The monoisotopic (exact) mass is 423 g/mol. The van der Waals surface area contributed by atoms with Crippen molar-refractivity contribution < 1.29 is 0 Å². The van der Waals surface area contributed by atoms with E-state index in [2.05, 4.69) is 82.8 Å². The molecule has 0 bridgehead atoms. The molecule has 0 radical (unpaired) electrons. The summed E-state index contributed by atoms with van der Waals surface area (Å²) in [5, 5.41) is 3.69. The van der Waals surface area contributed by atoms with Crippen molar-refractivity contribution in [3.63, 3.8) is 0 Å². The van der Waals surface area contributed by atoms with Crippen LogP contribution in [0.2, 0.25) is 0 Å². The average Bonchev–Trinajstić information content (AvgIpc) is 2.37. The number of nitrogens with one attached hydrogen (secondary N) is 1. The van der Waals surface area contributed by atoms with Crippen LogP contribution in [0.5, 0.6) is 0 Å². The second-order valence-corrected chi connectivity index (χ2v) is 7.00. The van der Waals surface area contributed by atoms with Crippen molar-refractivity contribution in [2.45, 2.75) is 46.1 Å². The lowest BCUT2D eigenvalue weighted by Crippen LogP contribution is -2.24. The van der Waals surface area contributed by atoms with Gasteiger partial charge in [0.1, 0.15) is 0 Å².